The highest BCUT2D eigenvalue weighted by Gasteiger charge is 2.34. The van der Waals surface area contributed by atoms with Gasteiger partial charge in [0.1, 0.15) is 5.69 Å². The van der Waals surface area contributed by atoms with Crippen molar-refractivity contribution >= 4 is 16.8 Å². The highest BCUT2D eigenvalue weighted by atomic mass is 19.4. The van der Waals surface area contributed by atoms with E-state index in [0.29, 0.717) is 11.3 Å². The SMILES string of the molecule is C#Cc1cc(C(F)(F)F)c2nc(C(=O)NCc3ccccn3)cc(C)c2c1. The van der Waals surface area contributed by atoms with Gasteiger partial charge >= 0.3 is 6.18 Å². The van der Waals surface area contributed by atoms with Gasteiger partial charge in [0.05, 0.1) is 23.3 Å². The molecular formula is C20H14F3N3O. The lowest BCUT2D eigenvalue weighted by atomic mass is 10.0. The summed E-state index contributed by atoms with van der Waals surface area (Å²) in [6.45, 7) is 1.75. The summed E-state index contributed by atoms with van der Waals surface area (Å²) in [7, 11) is 0. The summed E-state index contributed by atoms with van der Waals surface area (Å²) in [6, 6.07) is 9.00. The van der Waals surface area contributed by atoms with Gasteiger partial charge in [-0.3, -0.25) is 9.78 Å². The standard InChI is InChI=1S/C20H14F3N3O/c1-3-13-9-15-12(2)8-17(26-18(15)16(10-13)20(21,22)23)19(27)25-11-14-6-4-5-7-24-14/h1,4-10H,11H2,2H3,(H,25,27). The van der Waals surface area contributed by atoms with Crippen LogP contribution >= 0.6 is 0 Å². The van der Waals surface area contributed by atoms with Crippen LogP contribution in [0.3, 0.4) is 0 Å². The predicted molar refractivity (Wildman–Crippen MR) is 94.8 cm³/mol. The molecule has 136 valence electrons. The number of nitrogens with zero attached hydrogens (tertiary/aromatic N) is 2. The normalized spacial score (nSPS) is 11.2. The molecule has 1 N–H and O–H groups in total. The molecule has 1 aromatic carbocycles. The van der Waals surface area contributed by atoms with Crippen LogP contribution < -0.4 is 5.32 Å². The second-order valence-corrected chi connectivity index (χ2v) is 5.89. The molecular weight excluding hydrogens is 355 g/mol. The lowest BCUT2D eigenvalue weighted by Gasteiger charge is -2.14. The van der Waals surface area contributed by atoms with Crippen LogP contribution in [0.5, 0.6) is 0 Å². The van der Waals surface area contributed by atoms with Crippen LogP contribution in [0.1, 0.15) is 32.9 Å². The van der Waals surface area contributed by atoms with Gasteiger partial charge < -0.3 is 5.32 Å². The summed E-state index contributed by atoms with van der Waals surface area (Å²) < 4.78 is 40.4. The quantitative estimate of drug-likeness (QED) is 0.713. The molecule has 3 aromatic rings. The fourth-order valence-electron chi connectivity index (χ4n) is 2.67. The summed E-state index contributed by atoms with van der Waals surface area (Å²) in [5.74, 6) is 1.64. The summed E-state index contributed by atoms with van der Waals surface area (Å²) >= 11 is 0. The number of pyridine rings is 2. The monoisotopic (exact) mass is 369 g/mol. The number of rotatable bonds is 3. The minimum Gasteiger partial charge on any atom is -0.345 e. The van der Waals surface area contributed by atoms with Crippen molar-refractivity contribution in [3.8, 4) is 12.3 Å². The molecule has 0 fully saturated rings. The van der Waals surface area contributed by atoms with Crippen molar-refractivity contribution in [3.05, 3.63) is 70.7 Å². The number of halogens is 3. The molecule has 0 aliphatic carbocycles. The third kappa shape index (κ3) is 3.90. The van der Waals surface area contributed by atoms with Gasteiger partial charge in [0, 0.05) is 17.1 Å². The number of hydrogen-bond acceptors (Lipinski definition) is 3. The number of nitrogens with one attached hydrogen (secondary N) is 1. The Bertz CT molecular complexity index is 1050. The van der Waals surface area contributed by atoms with Crippen LogP contribution in [0.25, 0.3) is 10.9 Å². The molecule has 7 heteroatoms. The van der Waals surface area contributed by atoms with Crippen LogP contribution in [0.2, 0.25) is 0 Å². The van der Waals surface area contributed by atoms with Crippen molar-refractivity contribution in [2.24, 2.45) is 0 Å². The minimum atomic E-state index is -4.65. The number of fused-ring (bicyclic) bond motifs is 1. The molecule has 0 aliphatic heterocycles. The Morgan fingerprint density at radius 2 is 2.04 bits per heavy atom. The maximum absolute atomic E-state index is 13.5. The Hall–Kier alpha value is -3.40. The molecule has 0 saturated heterocycles. The Kier molecular flexibility index (Phi) is 4.82. The maximum Gasteiger partial charge on any atom is 0.418 e. The van der Waals surface area contributed by atoms with Gasteiger partial charge in [0.15, 0.2) is 0 Å². The smallest absolute Gasteiger partial charge is 0.345 e. The van der Waals surface area contributed by atoms with Crippen LogP contribution in [-0.2, 0) is 12.7 Å². The molecule has 0 atom stereocenters. The Morgan fingerprint density at radius 1 is 1.26 bits per heavy atom. The summed E-state index contributed by atoms with van der Waals surface area (Å²) in [5.41, 5.74) is -0.162. The van der Waals surface area contributed by atoms with E-state index in [4.69, 9.17) is 6.42 Å². The van der Waals surface area contributed by atoms with E-state index in [1.807, 2.05) is 0 Å². The number of hydrogen-bond donors (Lipinski definition) is 1. The maximum atomic E-state index is 13.5. The van der Waals surface area contributed by atoms with Crippen molar-refractivity contribution in [2.45, 2.75) is 19.6 Å². The highest BCUT2D eigenvalue weighted by molar-refractivity contribution is 5.97. The van der Waals surface area contributed by atoms with E-state index in [0.717, 1.165) is 6.07 Å². The van der Waals surface area contributed by atoms with E-state index in [1.165, 1.54) is 12.1 Å². The van der Waals surface area contributed by atoms with Crippen molar-refractivity contribution in [1.82, 2.24) is 15.3 Å². The first-order valence-electron chi connectivity index (χ1n) is 7.97. The molecule has 0 bridgehead atoms. The molecule has 2 heterocycles. The second-order valence-electron chi connectivity index (χ2n) is 5.89. The van der Waals surface area contributed by atoms with E-state index >= 15 is 0 Å². The molecule has 3 rings (SSSR count). The van der Waals surface area contributed by atoms with E-state index in [-0.39, 0.29) is 28.7 Å². The van der Waals surface area contributed by atoms with E-state index in [1.54, 1.807) is 31.3 Å². The topological polar surface area (TPSA) is 54.9 Å². The Morgan fingerprint density at radius 3 is 2.67 bits per heavy atom. The van der Waals surface area contributed by atoms with Gasteiger partial charge in [-0.15, -0.1) is 6.42 Å². The number of terminal acetylenes is 1. The Balaban J connectivity index is 2.02. The van der Waals surface area contributed by atoms with Crippen LogP contribution in [0.15, 0.2) is 42.6 Å². The number of aromatic nitrogens is 2. The van der Waals surface area contributed by atoms with Crippen molar-refractivity contribution < 1.29 is 18.0 Å². The van der Waals surface area contributed by atoms with E-state index in [2.05, 4.69) is 21.2 Å². The summed E-state index contributed by atoms with van der Waals surface area (Å²) in [6.07, 6.45) is 2.20. The first kappa shape index (κ1) is 18.4. The zero-order chi connectivity index (χ0) is 19.6. The lowest BCUT2D eigenvalue weighted by Crippen LogP contribution is -2.24. The van der Waals surface area contributed by atoms with Crippen molar-refractivity contribution in [1.29, 1.82) is 0 Å². The van der Waals surface area contributed by atoms with Gasteiger partial charge in [-0.05, 0) is 42.8 Å². The molecule has 2 aromatic heterocycles. The molecule has 0 saturated carbocycles. The average molecular weight is 369 g/mol. The molecule has 0 unspecified atom stereocenters. The van der Waals surface area contributed by atoms with E-state index in [9.17, 15) is 18.0 Å². The first-order chi connectivity index (χ1) is 12.8. The fraction of sp³-hybridized carbons (Fsp3) is 0.150. The summed E-state index contributed by atoms with van der Waals surface area (Å²) in [4.78, 5) is 20.4. The van der Waals surface area contributed by atoms with Crippen LogP contribution in [-0.4, -0.2) is 15.9 Å². The molecule has 27 heavy (non-hydrogen) atoms. The highest BCUT2D eigenvalue weighted by Crippen LogP contribution is 2.36. The third-order valence-electron chi connectivity index (χ3n) is 3.98. The number of benzene rings is 1. The second kappa shape index (κ2) is 7.08. The molecule has 1 amide bonds. The number of carbonyl (C=O) groups excluding carboxylic acids is 1. The zero-order valence-corrected chi connectivity index (χ0v) is 14.3. The lowest BCUT2D eigenvalue weighted by molar-refractivity contribution is -0.136. The van der Waals surface area contributed by atoms with Gasteiger partial charge in [0.2, 0.25) is 0 Å². The molecule has 4 nitrogen and oxygen atoms in total. The van der Waals surface area contributed by atoms with Crippen molar-refractivity contribution in [3.63, 3.8) is 0 Å². The number of carbonyl (C=O) groups is 1. The van der Waals surface area contributed by atoms with Gasteiger partial charge in [-0.1, -0.05) is 12.0 Å². The largest absolute Gasteiger partial charge is 0.418 e. The van der Waals surface area contributed by atoms with Crippen molar-refractivity contribution in [2.75, 3.05) is 0 Å². The molecule has 0 radical (unpaired) electrons. The van der Waals surface area contributed by atoms with E-state index < -0.39 is 17.6 Å². The van der Waals surface area contributed by atoms with Crippen LogP contribution in [0, 0.1) is 19.3 Å². The fourth-order valence-corrected chi connectivity index (χ4v) is 2.67. The number of amides is 1. The molecule has 0 aliphatic rings. The number of alkyl halides is 3. The predicted octanol–water partition coefficient (Wildman–Crippen LogP) is 3.87. The minimum absolute atomic E-state index is 0.102. The van der Waals surface area contributed by atoms with Gasteiger partial charge in [0.25, 0.3) is 5.91 Å². The Labute approximate surface area is 153 Å². The molecule has 0 spiro atoms. The third-order valence-corrected chi connectivity index (χ3v) is 3.98. The first-order valence-corrected chi connectivity index (χ1v) is 7.97. The van der Waals surface area contributed by atoms with Gasteiger partial charge in [-0.2, -0.15) is 13.2 Å². The average Bonchev–Trinajstić information content (AvgIpc) is 2.65. The van der Waals surface area contributed by atoms with Crippen LogP contribution in [0.4, 0.5) is 13.2 Å². The zero-order valence-electron chi connectivity index (χ0n) is 14.3. The number of aryl methyl sites for hydroxylation is 1. The summed E-state index contributed by atoms with van der Waals surface area (Å²) in [5, 5.41) is 2.87. The van der Waals surface area contributed by atoms with Gasteiger partial charge in [-0.25, -0.2) is 4.98 Å².